The maximum atomic E-state index is 15.5. The van der Waals surface area contributed by atoms with E-state index in [9.17, 15) is 13.2 Å². The molecule has 6 rings (SSSR count). The van der Waals surface area contributed by atoms with E-state index < -0.39 is 41.7 Å². The lowest BCUT2D eigenvalue weighted by atomic mass is 10.1. The predicted molar refractivity (Wildman–Crippen MR) is 130 cm³/mol. The third-order valence-electron chi connectivity index (χ3n) is 6.64. The van der Waals surface area contributed by atoms with Crippen LogP contribution >= 0.6 is 0 Å². The van der Waals surface area contributed by atoms with Crippen molar-refractivity contribution < 1.29 is 22.0 Å². The number of anilines is 2. The minimum absolute atomic E-state index is 0.0377. The van der Waals surface area contributed by atoms with Gasteiger partial charge in [-0.1, -0.05) is 6.07 Å². The molecule has 0 saturated heterocycles. The van der Waals surface area contributed by atoms with Gasteiger partial charge in [0.05, 0.1) is 23.6 Å². The monoisotopic (exact) mass is 541 g/mol. The lowest BCUT2D eigenvalue weighted by Gasteiger charge is -2.28. The standard InChI is InChI=1S/C25H20F5N9/c1-13-10-31-24(33-19-6-7-32-37(19)2)34-21(13)14-8-18-22-35-36-23(39(22)15(9-26)12-38(18)11-14)25(29,30)20-16(27)4-3-5-17(20)28/h3-8,10-11,15H,9,12H2,1-2H3,(H,31,33,34)/t15-/m0/s1. The first kappa shape index (κ1) is 24.7. The summed E-state index contributed by atoms with van der Waals surface area (Å²) in [4.78, 5) is 8.91. The van der Waals surface area contributed by atoms with Crippen LogP contribution in [0.15, 0.2) is 48.9 Å². The average molecular weight is 541 g/mol. The van der Waals surface area contributed by atoms with Crippen LogP contribution in [0.2, 0.25) is 0 Å². The molecular weight excluding hydrogens is 521 g/mol. The topological polar surface area (TPSA) is 91.3 Å². The summed E-state index contributed by atoms with van der Waals surface area (Å²) in [7, 11) is 1.76. The molecule has 200 valence electrons. The first-order valence-corrected chi connectivity index (χ1v) is 11.8. The maximum absolute atomic E-state index is 15.5. The van der Waals surface area contributed by atoms with Crippen molar-refractivity contribution in [3.8, 4) is 22.8 Å². The van der Waals surface area contributed by atoms with Crippen LogP contribution < -0.4 is 5.32 Å². The summed E-state index contributed by atoms with van der Waals surface area (Å²) in [6.07, 6.45) is 4.97. The van der Waals surface area contributed by atoms with Gasteiger partial charge >= 0.3 is 5.92 Å². The van der Waals surface area contributed by atoms with Crippen molar-refractivity contribution in [3.05, 3.63) is 77.5 Å². The van der Waals surface area contributed by atoms with Gasteiger partial charge in [0.2, 0.25) is 11.8 Å². The van der Waals surface area contributed by atoms with Gasteiger partial charge in [-0.05, 0) is 30.7 Å². The minimum Gasteiger partial charge on any atom is -0.342 e. The molecule has 39 heavy (non-hydrogen) atoms. The van der Waals surface area contributed by atoms with Crippen LogP contribution in [0, 0.1) is 18.6 Å². The number of aromatic nitrogens is 8. The number of fused-ring (bicyclic) bond motifs is 3. The number of benzene rings is 1. The van der Waals surface area contributed by atoms with Gasteiger partial charge in [0, 0.05) is 37.6 Å². The Bertz CT molecular complexity index is 1680. The molecule has 1 atom stereocenters. The van der Waals surface area contributed by atoms with Gasteiger partial charge in [0.1, 0.15) is 29.7 Å². The van der Waals surface area contributed by atoms with Crippen molar-refractivity contribution in [1.82, 2.24) is 39.1 Å². The normalized spacial score (nSPS) is 14.8. The molecule has 5 heterocycles. The van der Waals surface area contributed by atoms with Crippen molar-refractivity contribution in [3.63, 3.8) is 0 Å². The molecule has 4 aromatic heterocycles. The van der Waals surface area contributed by atoms with Gasteiger partial charge in [-0.25, -0.2) is 23.1 Å². The summed E-state index contributed by atoms with van der Waals surface area (Å²) < 4.78 is 78.0. The highest BCUT2D eigenvalue weighted by Crippen LogP contribution is 2.43. The number of halogens is 5. The third-order valence-corrected chi connectivity index (χ3v) is 6.64. The van der Waals surface area contributed by atoms with E-state index in [0.717, 1.165) is 28.3 Å². The van der Waals surface area contributed by atoms with Gasteiger partial charge in [-0.15, -0.1) is 10.2 Å². The molecule has 0 bridgehead atoms. The second-order valence-corrected chi connectivity index (χ2v) is 9.15. The van der Waals surface area contributed by atoms with Gasteiger partial charge in [-0.3, -0.25) is 9.25 Å². The zero-order valence-corrected chi connectivity index (χ0v) is 20.6. The van der Waals surface area contributed by atoms with Crippen LogP contribution in [0.25, 0.3) is 22.8 Å². The summed E-state index contributed by atoms with van der Waals surface area (Å²) in [5.41, 5.74) is 0.806. The largest absolute Gasteiger partial charge is 0.342 e. The number of aryl methyl sites for hydroxylation is 2. The highest BCUT2D eigenvalue weighted by Gasteiger charge is 2.47. The smallest absolute Gasteiger partial charge is 0.337 e. The Kier molecular flexibility index (Phi) is 5.70. The molecular formula is C25H20F5N9. The van der Waals surface area contributed by atoms with Crippen molar-refractivity contribution in [2.75, 3.05) is 12.0 Å². The third kappa shape index (κ3) is 3.94. The molecule has 0 amide bonds. The Morgan fingerprint density at radius 2 is 1.90 bits per heavy atom. The van der Waals surface area contributed by atoms with Gasteiger partial charge < -0.3 is 9.88 Å². The Balaban J connectivity index is 1.43. The van der Waals surface area contributed by atoms with Gasteiger partial charge in [0.15, 0.2) is 5.82 Å². The van der Waals surface area contributed by atoms with Crippen molar-refractivity contribution >= 4 is 11.8 Å². The van der Waals surface area contributed by atoms with E-state index >= 15 is 8.78 Å². The van der Waals surface area contributed by atoms with Gasteiger partial charge in [-0.2, -0.15) is 13.9 Å². The van der Waals surface area contributed by atoms with Gasteiger partial charge in [0.25, 0.3) is 0 Å². The fraction of sp³-hybridized carbons (Fsp3) is 0.240. The summed E-state index contributed by atoms with van der Waals surface area (Å²) in [6, 6.07) is 4.73. The second-order valence-electron chi connectivity index (χ2n) is 9.15. The van der Waals surface area contributed by atoms with Crippen LogP contribution in [0.4, 0.5) is 33.7 Å². The van der Waals surface area contributed by atoms with E-state index in [4.69, 9.17) is 0 Å². The van der Waals surface area contributed by atoms with Crippen molar-refractivity contribution in [2.24, 2.45) is 7.05 Å². The number of hydrogen-bond donors (Lipinski definition) is 1. The molecule has 1 N–H and O–H groups in total. The van der Waals surface area contributed by atoms with E-state index in [1.54, 1.807) is 47.0 Å². The lowest BCUT2D eigenvalue weighted by Crippen LogP contribution is -2.31. The zero-order valence-electron chi connectivity index (χ0n) is 20.6. The van der Waals surface area contributed by atoms with E-state index in [2.05, 4.69) is 30.6 Å². The first-order valence-electron chi connectivity index (χ1n) is 11.8. The molecule has 5 aromatic rings. The predicted octanol–water partition coefficient (Wildman–Crippen LogP) is 4.93. The zero-order chi connectivity index (χ0) is 27.5. The number of hydrogen-bond acceptors (Lipinski definition) is 6. The molecule has 1 aliphatic rings. The Labute approximate surface area is 218 Å². The number of alkyl halides is 3. The Hall–Kier alpha value is -4.62. The minimum atomic E-state index is -4.21. The van der Waals surface area contributed by atoms with E-state index in [1.807, 2.05) is 6.92 Å². The Morgan fingerprint density at radius 1 is 1.13 bits per heavy atom. The number of rotatable bonds is 6. The summed E-state index contributed by atoms with van der Waals surface area (Å²) in [5, 5.41) is 14.7. The average Bonchev–Trinajstić information content (AvgIpc) is 3.63. The highest BCUT2D eigenvalue weighted by atomic mass is 19.3. The van der Waals surface area contributed by atoms with Crippen LogP contribution in [0.5, 0.6) is 0 Å². The maximum Gasteiger partial charge on any atom is 0.337 e. The van der Waals surface area contributed by atoms with E-state index in [0.29, 0.717) is 28.7 Å². The quantitative estimate of drug-likeness (QED) is 0.307. The summed E-state index contributed by atoms with van der Waals surface area (Å²) in [6.45, 7) is 0.740. The first-order chi connectivity index (χ1) is 18.7. The molecule has 0 fully saturated rings. The lowest BCUT2D eigenvalue weighted by molar-refractivity contribution is 0.0183. The summed E-state index contributed by atoms with van der Waals surface area (Å²) >= 11 is 0. The second kappa shape index (κ2) is 8.99. The van der Waals surface area contributed by atoms with Crippen molar-refractivity contribution in [1.29, 1.82) is 0 Å². The molecule has 0 aliphatic carbocycles. The highest BCUT2D eigenvalue weighted by molar-refractivity contribution is 5.71. The SMILES string of the molecule is Cc1cnc(Nc2ccnn2C)nc1-c1cc2n(c1)C[C@H](CF)n1c-2nnc1C(F)(F)c1c(F)cccc1F. The molecule has 14 heteroatoms. The fourth-order valence-electron chi connectivity index (χ4n) is 4.75. The summed E-state index contributed by atoms with van der Waals surface area (Å²) in [5.74, 6) is -7.21. The molecule has 1 aromatic carbocycles. The molecule has 9 nitrogen and oxygen atoms in total. The van der Waals surface area contributed by atoms with E-state index in [1.165, 1.54) is 0 Å². The van der Waals surface area contributed by atoms with Crippen LogP contribution in [-0.2, 0) is 19.5 Å². The van der Waals surface area contributed by atoms with Crippen molar-refractivity contribution in [2.45, 2.75) is 25.4 Å². The number of nitrogens with one attached hydrogen (secondary N) is 1. The van der Waals surface area contributed by atoms with Crippen LogP contribution in [-0.4, -0.2) is 45.8 Å². The molecule has 0 radical (unpaired) electrons. The van der Waals surface area contributed by atoms with Crippen LogP contribution in [0.3, 0.4) is 0 Å². The van der Waals surface area contributed by atoms with Crippen LogP contribution in [0.1, 0.15) is 23.0 Å². The molecule has 0 spiro atoms. The Morgan fingerprint density at radius 3 is 2.59 bits per heavy atom. The van der Waals surface area contributed by atoms with E-state index in [-0.39, 0.29) is 12.4 Å². The molecule has 1 aliphatic heterocycles. The molecule has 0 saturated carbocycles. The molecule has 0 unspecified atom stereocenters. The fourth-order valence-corrected chi connectivity index (χ4v) is 4.75. The number of nitrogens with zero attached hydrogens (tertiary/aromatic N) is 8.